The van der Waals surface area contributed by atoms with Gasteiger partial charge in [0.05, 0.1) is 0 Å². The number of aryl methyl sites for hydroxylation is 2. The molecule has 152 valence electrons. The predicted molar refractivity (Wildman–Crippen MR) is 111 cm³/mol. The van der Waals surface area contributed by atoms with Gasteiger partial charge < -0.3 is 10.2 Å². The summed E-state index contributed by atoms with van der Waals surface area (Å²) in [6, 6.07) is 11.9. The van der Waals surface area contributed by atoms with E-state index in [1.807, 2.05) is 24.3 Å². The second kappa shape index (κ2) is 8.02. The van der Waals surface area contributed by atoms with E-state index in [4.69, 9.17) is 0 Å². The van der Waals surface area contributed by atoms with E-state index in [-0.39, 0.29) is 12.8 Å². The molecule has 2 aliphatic rings. The first kappa shape index (κ1) is 19.7. The number of hydrogen-bond acceptors (Lipinski definition) is 2. The zero-order chi connectivity index (χ0) is 20.4. The van der Waals surface area contributed by atoms with Gasteiger partial charge in [0.2, 0.25) is 0 Å². The molecular formula is C25H28O4. The fraction of sp³-hybridized carbons (Fsp3) is 0.440. The van der Waals surface area contributed by atoms with Gasteiger partial charge >= 0.3 is 11.9 Å². The van der Waals surface area contributed by atoms with Gasteiger partial charge in [0, 0.05) is 0 Å². The van der Waals surface area contributed by atoms with Crippen LogP contribution in [0.15, 0.2) is 36.4 Å². The molecule has 4 heteroatoms. The minimum atomic E-state index is -1.85. The maximum absolute atomic E-state index is 12.4. The highest BCUT2D eigenvalue weighted by atomic mass is 16.4. The van der Waals surface area contributed by atoms with E-state index in [9.17, 15) is 19.8 Å². The van der Waals surface area contributed by atoms with E-state index in [1.165, 1.54) is 22.3 Å². The molecule has 0 radical (unpaired) electrons. The highest BCUT2D eigenvalue weighted by Gasteiger charge is 2.47. The summed E-state index contributed by atoms with van der Waals surface area (Å²) in [6.45, 7) is 0. The molecule has 0 amide bonds. The average molecular weight is 392 g/mol. The second-order valence-electron chi connectivity index (χ2n) is 8.57. The summed E-state index contributed by atoms with van der Waals surface area (Å²) in [6.07, 6.45) is 8.26. The highest BCUT2D eigenvalue weighted by molar-refractivity contribution is 5.99. The summed E-state index contributed by atoms with van der Waals surface area (Å²) in [4.78, 5) is 24.9. The fourth-order valence-corrected chi connectivity index (χ4v) is 5.16. The molecule has 0 atom stereocenters. The quantitative estimate of drug-likeness (QED) is 0.715. The lowest BCUT2D eigenvalue weighted by Gasteiger charge is -2.29. The van der Waals surface area contributed by atoms with Crippen molar-refractivity contribution in [2.24, 2.45) is 5.41 Å². The van der Waals surface area contributed by atoms with Crippen molar-refractivity contribution in [2.45, 2.75) is 64.2 Å². The van der Waals surface area contributed by atoms with Crippen LogP contribution in [0.1, 0.15) is 59.1 Å². The zero-order valence-electron chi connectivity index (χ0n) is 16.7. The van der Waals surface area contributed by atoms with Crippen LogP contribution in [0.2, 0.25) is 0 Å². The first-order valence-electron chi connectivity index (χ1n) is 10.7. The van der Waals surface area contributed by atoms with Crippen molar-refractivity contribution in [1.82, 2.24) is 0 Å². The molecule has 0 fully saturated rings. The van der Waals surface area contributed by atoms with Crippen LogP contribution >= 0.6 is 0 Å². The minimum absolute atomic E-state index is 0.0322. The van der Waals surface area contributed by atoms with Crippen molar-refractivity contribution in [1.29, 1.82) is 0 Å². The van der Waals surface area contributed by atoms with E-state index in [0.29, 0.717) is 0 Å². The zero-order valence-corrected chi connectivity index (χ0v) is 16.7. The number of hydrogen-bond donors (Lipinski definition) is 2. The number of fused-ring (bicyclic) bond motifs is 2. The Labute approximate surface area is 171 Å². The van der Waals surface area contributed by atoms with E-state index < -0.39 is 17.4 Å². The molecule has 0 spiro atoms. The van der Waals surface area contributed by atoms with Gasteiger partial charge in [-0.25, -0.2) is 0 Å². The first-order valence-corrected chi connectivity index (χ1v) is 10.7. The average Bonchev–Trinajstić information content (AvgIpc) is 2.73. The van der Waals surface area contributed by atoms with Gasteiger partial charge in [-0.05, 0) is 97.6 Å². The topological polar surface area (TPSA) is 74.6 Å². The standard InChI is InChI=1S/C25H28O4/c26-23(27)25(24(28)29,15-19-11-5-9-17-7-1-3-13-21(17)19)16-20-12-6-10-18-8-2-4-14-22(18)20/h5-6,9-12H,1-4,7-8,13-16H2,(H,26,27)(H,28,29). The van der Waals surface area contributed by atoms with Gasteiger partial charge in [-0.1, -0.05) is 36.4 Å². The summed E-state index contributed by atoms with van der Waals surface area (Å²) in [5.41, 5.74) is 4.75. The van der Waals surface area contributed by atoms with Crippen molar-refractivity contribution in [2.75, 3.05) is 0 Å². The van der Waals surface area contributed by atoms with Gasteiger partial charge in [-0.3, -0.25) is 9.59 Å². The summed E-state index contributed by atoms with van der Waals surface area (Å²) in [5.74, 6) is -2.49. The lowest BCUT2D eigenvalue weighted by Crippen LogP contribution is -2.44. The summed E-state index contributed by atoms with van der Waals surface area (Å²) >= 11 is 0. The summed E-state index contributed by atoms with van der Waals surface area (Å²) in [5, 5.41) is 20.3. The van der Waals surface area contributed by atoms with Crippen LogP contribution in [-0.4, -0.2) is 22.2 Å². The Kier molecular flexibility index (Phi) is 5.44. The minimum Gasteiger partial charge on any atom is -0.480 e. The molecule has 2 aliphatic carbocycles. The van der Waals surface area contributed by atoms with E-state index in [0.717, 1.165) is 62.5 Å². The molecule has 2 aromatic carbocycles. The molecule has 0 aliphatic heterocycles. The molecule has 2 N–H and O–H groups in total. The third kappa shape index (κ3) is 3.68. The van der Waals surface area contributed by atoms with Crippen LogP contribution in [-0.2, 0) is 48.1 Å². The predicted octanol–water partition coefficient (Wildman–Crippen LogP) is 4.39. The molecular weight excluding hydrogens is 364 g/mol. The molecule has 2 aromatic rings. The Morgan fingerprint density at radius 3 is 1.52 bits per heavy atom. The number of rotatable bonds is 6. The smallest absolute Gasteiger partial charge is 0.321 e. The molecule has 4 nitrogen and oxygen atoms in total. The van der Waals surface area contributed by atoms with Crippen LogP contribution in [0.4, 0.5) is 0 Å². The fourth-order valence-electron chi connectivity index (χ4n) is 5.16. The van der Waals surface area contributed by atoms with E-state index in [1.54, 1.807) is 0 Å². The number of benzene rings is 2. The Morgan fingerprint density at radius 2 is 1.10 bits per heavy atom. The van der Waals surface area contributed by atoms with Gasteiger partial charge in [0.15, 0.2) is 5.41 Å². The summed E-state index contributed by atoms with van der Waals surface area (Å²) in [7, 11) is 0. The van der Waals surface area contributed by atoms with Crippen molar-refractivity contribution >= 4 is 11.9 Å². The normalized spacial score (nSPS) is 16.0. The molecule has 0 aromatic heterocycles. The van der Waals surface area contributed by atoms with Crippen molar-refractivity contribution in [3.8, 4) is 0 Å². The van der Waals surface area contributed by atoms with Crippen molar-refractivity contribution < 1.29 is 19.8 Å². The number of aliphatic carboxylic acids is 2. The molecule has 0 bridgehead atoms. The van der Waals surface area contributed by atoms with Crippen LogP contribution in [0.3, 0.4) is 0 Å². The van der Waals surface area contributed by atoms with Crippen LogP contribution in [0.25, 0.3) is 0 Å². The van der Waals surface area contributed by atoms with Gasteiger partial charge in [-0.2, -0.15) is 0 Å². The molecule has 0 saturated heterocycles. The van der Waals surface area contributed by atoms with Crippen molar-refractivity contribution in [3.63, 3.8) is 0 Å². The Balaban J connectivity index is 1.75. The maximum Gasteiger partial charge on any atom is 0.321 e. The van der Waals surface area contributed by atoms with Gasteiger partial charge in [0.1, 0.15) is 0 Å². The maximum atomic E-state index is 12.4. The molecule has 0 unspecified atom stereocenters. The Morgan fingerprint density at radius 1 is 0.690 bits per heavy atom. The molecule has 0 saturated carbocycles. The lowest BCUT2D eigenvalue weighted by atomic mass is 9.72. The highest BCUT2D eigenvalue weighted by Crippen LogP contribution is 2.36. The van der Waals surface area contributed by atoms with Crippen LogP contribution in [0, 0.1) is 5.41 Å². The van der Waals surface area contributed by atoms with E-state index >= 15 is 0 Å². The number of carbonyl (C=O) groups is 2. The third-order valence-corrected chi connectivity index (χ3v) is 6.79. The Bertz CT molecular complexity index is 866. The third-order valence-electron chi connectivity index (χ3n) is 6.79. The lowest BCUT2D eigenvalue weighted by molar-refractivity contribution is -0.164. The molecule has 0 heterocycles. The SMILES string of the molecule is O=C(O)C(Cc1cccc2c1CCCC2)(Cc1cccc2c1CCCC2)C(=O)O. The first-order chi connectivity index (χ1) is 14.0. The monoisotopic (exact) mass is 392 g/mol. The summed E-state index contributed by atoms with van der Waals surface area (Å²) < 4.78 is 0. The van der Waals surface area contributed by atoms with Crippen LogP contribution < -0.4 is 0 Å². The van der Waals surface area contributed by atoms with Crippen molar-refractivity contribution in [3.05, 3.63) is 69.8 Å². The molecule has 29 heavy (non-hydrogen) atoms. The van der Waals surface area contributed by atoms with Gasteiger partial charge in [0.25, 0.3) is 0 Å². The molecule has 4 rings (SSSR count). The Hall–Kier alpha value is -2.62. The number of carboxylic acid groups (broad SMARTS) is 2. The second-order valence-corrected chi connectivity index (χ2v) is 8.57. The van der Waals surface area contributed by atoms with Crippen LogP contribution in [0.5, 0.6) is 0 Å². The number of carboxylic acids is 2. The van der Waals surface area contributed by atoms with Gasteiger partial charge in [-0.15, -0.1) is 0 Å². The largest absolute Gasteiger partial charge is 0.480 e. The van der Waals surface area contributed by atoms with E-state index in [2.05, 4.69) is 12.1 Å².